The summed E-state index contributed by atoms with van der Waals surface area (Å²) in [6.45, 7) is 0. The Hall–Kier alpha value is -2.89. The highest BCUT2D eigenvalue weighted by Crippen LogP contribution is 2.25. The Morgan fingerprint density at radius 2 is 2.05 bits per heavy atom. The summed E-state index contributed by atoms with van der Waals surface area (Å²) >= 11 is 0. The van der Waals surface area contributed by atoms with Crippen LogP contribution in [0.25, 0.3) is 22.6 Å². The van der Waals surface area contributed by atoms with E-state index in [9.17, 15) is 9.59 Å². The summed E-state index contributed by atoms with van der Waals surface area (Å²) in [4.78, 5) is 26.4. The fraction of sp³-hybridized carbons (Fsp3) is 0. The van der Waals surface area contributed by atoms with Gasteiger partial charge >= 0.3 is 6.03 Å². The summed E-state index contributed by atoms with van der Waals surface area (Å²) in [6.07, 6.45) is 0. The highest BCUT2D eigenvalue weighted by Gasteiger charge is 2.09. The van der Waals surface area contributed by atoms with Crippen molar-refractivity contribution in [2.45, 2.75) is 0 Å². The Balaban J connectivity index is 2.22. The van der Waals surface area contributed by atoms with Crippen molar-refractivity contribution in [3.05, 3.63) is 46.6 Å². The summed E-state index contributed by atoms with van der Waals surface area (Å²) in [6, 6.07) is 8.73. The van der Waals surface area contributed by atoms with E-state index < -0.39 is 6.03 Å². The Bertz CT molecular complexity index is 810. The lowest BCUT2D eigenvalue weighted by atomic mass is 10.2. The number of nitrogens with zero attached hydrogens (tertiary/aromatic N) is 1. The number of hydrogen-bond donors (Lipinski definition) is 2. The molecular formula is C13H9N3O3. The zero-order valence-corrected chi connectivity index (χ0v) is 9.71. The van der Waals surface area contributed by atoms with Gasteiger partial charge in [-0.1, -0.05) is 0 Å². The second-order valence-electron chi connectivity index (χ2n) is 4.02. The van der Waals surface area contributed by atoms with Crippen LogP contribution in [0.1, 0.15) is 0 Å². The first-order chi connectivity index (χ1) is 9.11. The summed E-state index contributed by atoms with van der Waals surface area (Å²) in [5, 5.41) is 2.45. The second-order valence-corrected chi connectivity index (χ2v) is 4.02. The van der Waals surface area contributed by atoms with Gasteiger partial charge in [0, 0.05) is 17.8 Å². The molecule has 0 saturated heterocycles. The van der Waals surface area contributed by atoms with E-state index in [0.717, 1.165) is 0 Å². The number of urea groups is 1. The molecule has 0 saturated carbocycles. The summed E-state index contributed by atoms with van der Waals surface area (Å²) in [7, 11) is 0. The van der Waals surface area contributed by atoms with Gasteiger partial charge in [-0.2, -0.15) is 0 Å². The molecule has 0 radical (unpaired) electrons. The van der Waals surface area contributed by atoms with E-state index in [1.165, 1.54) is 12.1 Å². The lowest BCUT2D eigenvalue weighted by molar-refractivity contribution is 0.259. The lowest BCUT2D eigenvalue weighted by Crippen LogP contribution is -2.19. The molecule has 1 aliphatic carbocycles. The number of anilines is 1. The van der Waals surface area contributed by atoms with Gasteiger partial charge in [-0.25, -0.2) is 9.78 Å². The van der Waals surface area contributed by atoms with Crippen LogP contribution in [0.4, 0.5) is 10.5 Å². The van der Waals surface area contributed by atoms with E-state index in [-0.39, 0.29) is 5.43 Å². The Morgan fingerprint density at radius 3 is 2.84 bits per heavy atom. The van der Waals surface area contributed by atoms with Crippen LogP contribution in [0.5, 0.6) is 0 Å². The van der Waals surface area contributed by atoms with E-state index >= 15 is 0 Å². The third-order valence-electron chi connectivity index (χ3n) is 2.62. The molecular weight excluding hydrogens is 246 g/mol. The van der Waals surface area contributed by atoms with Gasteiger partial charge in [-0.3, -0.25) is 4.79 Å². The molecule has 3 rings (SSSR count). The molecule has 6 nitrogen and oxygen atoms in total. The van der Waals surface area contributed by atoms with Crippen LogP contribution in [0, 0.1) is 0 Å². The zero-order valence-electron chi connectivity index (χ0n) is 9.71. The van der Waals surface area contributed by atoms with Crippen LogP contribution in [0.3, 0.4) is 0 Å². The van der Waals surface area contributed by atoms with Crippen LogP contribution in [0.2, 0.25) is 0 Å². The molecule has 6 heteroatoms. The van der Waals surface area contributed by atoms with E-state index in [2.05, 4.69) is 10.3 Å². The average Bonchev–Trinajstić information content (AvgIpc) is 2.35. The van der Waals surface area contributed by atoms with E-state index in [1.807, 2.05) is 0 Å². The largest absolute Gasteiger partial charge is 0.453 e. The maximum Gasteiger partial charge on any atom is 0.316 e. The molecule has 0 aromatic heterocycles. The van der Waals surface area contributed by atoms with Gasteiger partial charge in [0.2, 0.25) is 0 Å². The molecule has 1 heterocycles. The highest BCUT2D eigenvalue weighted by atomic mass is 16.3. The van der Waals surface area contributed by atoms with Crippen molar-refractivity contribution in [3.63, 3.8) is 0 Å². The number of fused-ring (bicyclic) bond motifs is 2. The van der Waals surface area contributed by atoms with Crippen molar-refractivity contribution in [2.24, 2.45) is 5.73 Å². The molecule has 1 aliphatic heterocycles. The van der Waals surface area contributed by atoms with E-state index in [4.69, 9.17) is 10.2 Å². The van der Waals surface area contributed by atoms with Crippen molar-refractivity contribution >= 4 is 22.8 Å². The summed E-state index contributed by atoms with van der Waals surface area (Å²) in [5.41, 5.74) is 7.08. The van der Waals surface area contributed by atoms with Crippen molar-refractivity contribution in [1.29, 1.82) is 0 Å². The number of nitrogens with one attached hydrogen (secondary N) is 1. The topological polar surface area (TPSA) is 98.2 Å². The molecule has 0 atom stereocenters. The standard InChI is InChI=1S/C13H9N3O3/c14-13(18)15-7-1-3-9-11(5-7)19-12-6-8(17)2-4-10(12)16-9/h1-6H,(H3,14,15,18). The Morgan fingerprint density at radius 1 is 1.21 bits per heavy atom. The van der Waals surface area contributed by atoms with Gasteiger partial charge in [-0.15, -0.1) is 0 Å². The summed E-state index contributed by atoms with van der Waals surface area (Å²) in [5.74, 6) is 0.399. The first kappa shape index (κ1) is 11.2. The van der Waals surface area contributed by atoms with Gasteiger partial charge in [0.1, 0.15) is 11.2 Å². The number of carbonyl (C=O) groups excluding carboxylic acids is 1. The molecule has 3 N–H and O–H groups in total. The minimum Gasteiger partial charge on any atom is -0.453 e. The van der Waals surface area contributed by atoms with Crippen LogP contribution >= 0.6 is 0 Å². The predicted molar refractivity (Wildman–Crippen MR) is 70.1 cm³/mol. The first-order valence-corrected chi connectivity index (χ1v) is 5.53. The molecule has 19 heavy (non-hydrogen) atoms. The molecule has 0 unspecified atom stereocenters. The van der Waals surface area contributed by atoms with Crippen LogP contribution in [0.15, 0.2) is 45.6 Å². The van der Waals surface area contributed by atoms with Gasteiger partial charge in [-0.05, 0) is 24.3 Å². The van der Waals surface area contributed by atoms with E-state index in [0.29, 0.717) is 28.2 Å². The van der Waals surface area contributed by atoms with Gasteiger partial charge < -0.3 is 15.5 Å². The monoisotopic (exact) mass is 255 g/mol. The number of nitrogens with two attached hydrogens (primary N) is 1. The minimum absolute atomic E-state index is 0.149. The maximum atomic E-state index is 11.3. The van der Waals surface area contributed by atoms with Crippen LogP contribution in [-0.4, -0.2) is 11.0 Å². The Labute approximate surface area is 107 Å². The van der Waals surface area contributed by atoms with Crippen LogP contribution < -0.4 is 16.5 Å². The predicted octanol–water partition coefficient (Wildman–Crippen LogP) is 1.78. The molecule has 1 aromatic carbocycles. The third kappa shape index (κ3) is 2.11. The van der Waals surface area contributed by atoms with Crippen LogP contribution in [-0.2, 0) is 0 Å². The number of aromatic nitrogens is 1. The SMILES string of the molecule is NC(=O)Nc1ccc2nc3ccc(=O)cc-3oc2c1. The molecule has 0 bridgehead atoms. The molecule has 0 fully saturated rings. The number of primary amides is 1. The Kier molecular flexibility index (Phi) is 2.42. The maximum absolute atomic E-state index is 11.3. The third-order valence-corrected chi connectivity index (χ3v) is 2.62. The average molecular weight is 255 g/mol. The fourth-order valence-electron chi connectivity index (χ4n) is 1.83. The molecule has 0 spiro atoms. The zero-order chi connectivity index (χ0) is 13.4. The minimum atomic E-state index is -0.657. The van der Waals surface area contributed by atoms with Gasteiger partial charge in [0.05, 0.1) is 0 Å². The second kappa shape index (κ2) is 4.09. The lowest BCUT2D eigenvalue weighted by Gasteiger charge is -2.07. The van der Waals surface area contributed by atoms with E-state index in [1.54, 1.807) is 24.3 Å². The number of carbonyl (C=O) groups is 1. The first-order valence-electron chi connectivity index (χ1n) is 5.53. The van der Waals surface area contributed by atoms with Gasteiger partial charge in [0.15, 0.2) is 16.8 Å². The molecule has 1 aromatic rings. The summed E-state index contributed by atoms with van der Waals surface area (Å²) < 4.78 is 5.59. The number of benzene rings is 2. The van der Waals surface area contributed by atoms with Crippen molar-refractivity contribution in [1.82, 2.24) is 4.98 Å². The van der Waals surface area contributed by atoms with Gasteiger partial charge in [0.25, 0.3) is 0 Å². The number of rotatable bonds is 1. The highest BCUT2D eigenvalue weighted by molar-refractivity contribution is 5.90. The molecule has 94 valence electrons. The van der Waals surface area contributed by atoms with Crippen molar-refractivity contribution < 1.29 is 9.21 Å². The smallest absolute Gasteiger partial charge is 0.316 e. The number of hydrogen-bond acceptors (Lipinski definition) is 4. The van der Waals surface area contributed by atoms with Crippen molar-refractivity contribution in [3.8, 4) is 11.5 Å². The molecule has 2 amide bonds. The fourth-order valence-corrected chi connectivity index (χ4v) is 1.83. The van der Waals surface area contributed by atoms with Crippen molar-refractivity contribution in [2.75, 3.05) is 5.32 Å². The normalized spacial score (nSPS) is 10.7. The quantitative estimate of drug-likeness (QED) is 0.647. The number of amides is 2. The molecule has 2 aliphatic rings.